The fraction of sp³-hybridized carbons (Fsp3) is 0.462. The summed E-state index contributed by atoms with van der Waals surface area (Å²) in [6.07, 6.45) is 0. The number of nitrogens with zero attached hydrogens (tertiary/aromatic N) is 2. The van der Waals surface area contributed by atoms with Crippen molar-refractivity contribution in [3.8, 4) is 0 Å². The van der Waals surface area contributed by atoms with Crippen LogP contribution in [0.15, 0.2) is 23.2 Å². The largest absolute Gasteiger partial charge is 0.399 e. The number of rotatable bonds is 1. The Morgan fingerprint density at radius 1 is 1.39 bits per heavy atom. The first-order chi connectivity index (χ1) is 10.5. The zero-order valence-electron chi connectivity index (χ0n) is 12.4. The Balaban J connectivity index is 2.08. The number of aliphatic imine (C=N–C) groups is 1. The fourth-order valence-corrected chi connectivity index (χ4v) is 5.78. The van der Waals surface area contributed by atoms with Gasteiger partial charge in [-0.15, -0.1) is 0 Å². The van der Waals surface area contributed by atoms with Crippen LogP contribution in [0.2, 0.25) is 0 Å². The molecule has 0 amide bonds. The number of thiol groups is 1. The number of anilines is 1. The van der Waals surface area contributed by atoms with Gasteiger partial charge in [0.05, 0.1) is 18.8 Å². The van der Waals surface area contributed by atoms with E-state index < -0.39 is 40.7 Å². The van der Waals surface area contributed by atoms with Gasteiger partial charge in [0.2, 0.25) is 5.96 Å². The molecule has 1 aromatic rings. The number of benzene rings is 1. The molecule has 0 radical (unpaired) electrons. The molecule has 128 valence electrons. The average Bonchev–Trinajstić information content (AvgIpc) is 2.43. The third-order valence-electron chi connectivity index (χ3n) is 4.07. The number of nitrogen functional groups attached to an aromatic ring is 1. The normalized spacial score (nSPS) is 30.3. The monoisotopic (exact) mass is 349 g/mol. The molecule has 6 nitrogen and oxygen atoms in total. The summed E-state index contributed by atoms with van der Waals surface area (Å²) in [6.45, 7) is 0.0643. The van der Waals surface area contributed by atoms with Crippen molar-refractivity contribution in [2.24, 2.45) is 10.7 Å². The molecular formula is C13H18F3N5OS. The van der Waals surface area contributed by atoms with Crippen LogP contribution < -0.4 is 16.2 Å². The lowest BCUT2D eigenvalue weighted by atomic mass is 9.93. The summed E-state index contributed by atoms with van der Waals surface area (Å²) in [5, 5.41) is 0. The average molecular weight is 349 g/mol. The molecule has 10 heteroatoms. The minimum absolute atomic E-state index is 0.134. The number of alkyl halides is 2. The molecule has 1 unspecified atom stereocenters. The third kappa shape index (κ3) is 2.65. The Hall–Kier alpha value is -1.81. The number of guanidine groups is 1. The first kappa shape index (κ1) is 16.1. The number of nitrogens with one attached hydrogen (secondary N) is 1. The fourth-order valence-electron chi connectivity index (χ4n) is 2.97. The standard InChI is InChI=1S/C13H18F3N5OS/c1-12(9-4-8(17)2-3-10(9)14)7-23(22)19-5-13(15,16)6-21(23)11(18)20-12/h2-4,23H,5-7,17H2,1H3,(H2,18,20)(H,19,22). The molecule has 2 aliphatic heterocycles. The Kier molecular flexibility index (Phi) is 3.38. The highest BCUT2D eigenvalue weighted by Gasteiger charge is 2.50. The van der Waals surface area contributed by atoms with Crippen molar-refractivity contribution >= 4 is 22.0 Å². The third-order valence-corrected chi connectivity index (χ3v) is 6.90. The Bertz CT molecular complexity index is 740. The highest BCUT2D eigenvalue weighted by Crippen LogP contribution is 2.38. The number of halogens is 3. The van der Waals surface area contributed by atoms with Crippen molar-refractivity contribution in [2.45, 2.75) is 18.4 Å². The Labute approximate surface area is 132 Å². The molecule has 0 aromatic heterocycles. The zero-order chi connectivity index (χ0) is 17.0. The highest BCUT2D eigenvalue weighted by atomic mass is 32.3. The molecule has 3 rings (SSSR count). The van der Waals surface area contributed by atoms with Crippen LogP contribution in [-0.4, -0.2) is 39.2 Å². The van der Waals surface area contributed by atoms with Crippen LogP contribution in [0.4, 0.5) is 18.9 Å². The van der Waals surface area contributed by atoms with E-state index in [9.17, 15) is 17.4 Å². The van der Waals surface area contributed by atoms with Crippen molar-refractivity contribution in [3.63, 3.8) is 0 Å². The van der Waals surface area contributed by atoms with Gasteiger partial charge in [-0.3, -0.25) is 8.51 Å². The van der Waals surface area contributed by atoms with E-state index in [2.05, 4.69) is 9.71 Å². The molecule has 0 aliphatic carbocycles. The van der Waals surface area contributed by atoms with Crippen LogP contribution in [0, 0.1) is 5.82 Å². The van der Waals surface area contributed by atoms with Gasteiger partial charge in [0, 0.05) is 21.6 Å². The number of hydrogen-bond donors (Lipinski definition) is 4. The van der Waals surface area contributed by atoms with Crippen LogP contribution in [0.1, 0.15) is 12.5 Å². The minimum atomic E-state index is -3.44. The van der Waals surface area contributed by atoms with Crippen molar-refractivity contribution in [1.82, 2.24) is 9.03 Å². The molecule has 1 atom stereocenters. The number of nitrogens with two attached hydrogens (primary N) is 2. The summed E-state index contributed by atoms with van der Waals surface area (Å²) in [5.41, 5.74) is 10.7. The van der Waals surface area contributed by atoms with Crippen LogP contribution in [0.5, 0.6) is 0 Å². The summed E-state index contributed by atoms with van der Waals surface area (Å²) >= 11 is 0. The van der Waals surface area contributed by atoms with Gasteiger partial charge in [0.15, 0.2) is 0 Å². The van der Waals surface area contributed by atoms with Crippen molar-refractivity contribution in [3.05, 3.63) is 29.6 Å². The van der Waals surface area contributed by atoms with E-state index in [1.807, 2.05) is 0 Å². The summed E-state index contributed by atoms with van der Waals surface area (Å²) in [7, 11) is -3.44. The van der Waals surface area contributed by atoms with E-state index in [4.69, 9.17) is 11.5 Å². The zero-order valence-corrected chi connectivity index (χ0v) is 13.3. The SMILES string of the molecule is CC1(c2cc(N)ccc2F)C[SH]2(=O)NCC(F)(F)CN2C(N)=N1. The molecule has 0 spiro atoms. The Morgan fingerprint density at radius 3 is 2.78 bits per heavy atom. The molecule has 5 N–H and O–H groups in total. The van der Waals surface area contributed by atoms with Crippen LogP contribution in [-0.2, 0) is 15.8 Å². The van der Waals surface area contributed by atoms with E-state index in [0.717, 1.165) is 4.31 Å². The summed E-state index contributed by atoms with van der Waals surface area (Å²) < 4.78 is 57.6. The number of hydrogen-bond acceptors (Lipinski definition) is 4. The first-order valence-electron chi connectivity index (χ1n) is 6.96. The molecule has 1 aromatic carbocycles. The lowest BCUT2D eigenvalue weighted by molar-refractivity contribution is -0.00817. The first-order valence-corrected chi connectivity index (χ1v) is 8.80. The van der Waals surface area contributed by atoms with E-state index >= 15 is 0 Å². The number of fused-ring (bicyclic) bond motifs is 1. The second kappa shape index (κ2) is 4.84. The van der Waals surface area contributed by atoms with E-state index in [-0.39, 0.29) is 17.3 Å². The van der Waals surface area contributed by atoms with Gasteiger partial charge >= 0.3 is 0 Å². The molecule has 23 heavy (non-hydrogen) atoms. The van der Waals surface area contributed by atoms with Crippen molar-refractivity contribution in [1.29, 1.82) is 0 Å². The maximum absolute atomic E-state index is 14.2. The van der Waals surface area contributed by atoms with E-state index in [1.165, 1.54) is 18.2 Å². The second-order valence-electron chi connectivity index (χ2n) is 6.09. The lowest BCUT2D eigenvalue weighted by Gasteiger charge is -2.50. The van der Waals surface area contributed by atoms with Crippen LogP contribution in [0.25, 0.3) is 0 Å². The molecule has 0 saturated carbocycles. The van der Waals surface area contributed by atoms with Gasteiger partial charge < -0.3 is 11.5 Å². The molecule has 1 fully saturated rings. The van der Waals surface area contributed by atoms with Gasteiger partial charge in [0.25, 0.3) is 5.92 Å². The van der Waals surface area contributed by atoms with Crippen molar-refractivity contribution in [2.75, 3.05) is 24.6 Å². The van der Waals surface area contributed by atoms with Gasteiger partial charge in [-0.2, -0.15) is 0 Å². The molecule has 2 aliphatic rings. The maximum Gasteiger partial charge on any atom is 0.279 e. The van der Waals surface area contributed by atoms with Gasteiger partial charge in [0.1, 0.15) is 11.4 Å². The predicted molar refractivity (Wildman–Crippen MR) is 83.8 cm³/mol. The van der Waals surface area contributed by atoms with Gasteiger partial charge in [-0.05, 0) is 25.1 Å². The summed E-state index contributed by atoms with van der Waals surface area (Å²) in [6, 6.07) is 3.98. The lowest BCUT2D eigenvalue weighted by Crippen LogP contribution is -2.68. The molecular weight excluding hydrogens is 331 g/mol. The highest BCUT2D eigenvalue weighted by molar-refractivity contribution is 7.99. The Morgan fingerprint density at radius 2 is 2.09 bits per heavy atom. The molecule has 2 heterocycles. The molecule has 0 bridgehead atoms. The van der Waals surface area contributed by atoms with Crippen molar-refractivity contribution < 1.29 is 17.4 Å². The topological polar surface area (TPSA) is 96.7 Å². The minimum Gasteiger partial charge on any atom is -0.399 e. The smallest absolute Gasteiger partial charge is 0.279 e. The van der Waals surface area contributed by atoms with Gasteiger partial charge in [-0.1, -0.05) is 0 Å². The van der Waals surface area contributed by atoms with Gasteiger partial charge in [-0.25, -0.2) is 22.9 Å². The predicted octanol–water partition coefficient (Wildman–Crippen LogP) is 0.339. The maximum atomic E-state index is 14.2. The van der Waals surface area contributed by atoms with E-state index in [0.29, 0.717) is 5.69 Å². The quantitative estimate of drug-likeness (QED) is 0.435. The van der Waals surface area contributed by atoms with Crippen LogP contribution >= 0.6 is 0 Å². The van der Waals surface area contributed by atoms with E-state index in [1.54, 1.807) is 6.92 Å². The summed E-state index contributed by atoms with van der Waals surface area (Å²) in [5.74, 6) is -4.09. The molecule has 1 saturated heterocycles. The van der Waals surface area contributed by atoms with Crippen LogP contribution in [0.3, 0.4) is 0 Å². The summed E-state index contributed by atoms with van der Waals surface area (Å²) in [4.78, 5) is 4.16. The second-order valence-corrected chi connectivity index (χ2v) is 8.61.